The zero-order valence-electron chi connectivity index (χ0n) is 44.6. The second kappa shape index (κ2) is 56.4. The van der Waals surface area contributed by atoms with Crippen molar-refractivity contribution in [3.63, 3.8) is 0 Å². The molecule has 0 aromatic heterocycles. The van der Waals surface area contributed by atoms with Gasteiger partial charge in [-0.1, -0.05) is 249 Å². The first-order chi connectivity index (χ1) is 33.0. The summed E-state index contributed by atoms with van der Waals surface area (Å²) in [6.07, 6.45) is 71.3. The van der Waals surface area contributed by atoms with Crippen molar-refractivity contribution in [2.45, 2.75) is 315 Å². The van der Waals surface area contributed by atoms with Crippen LogP contribution in [0, 0.1) is 0 Å². The van der Waals surface area contributed by atoms with Crippen molar-refractivity contribution in [3.8, 4) is 0 Å². The molecule has 0 radical (unpaired) electrons. The lowest BCUT2D eigenvalue weighted by atomic mass is 10.0. The Balaban J connectivity index is 3.54. The average molecular weight is 941 g/mol. The lowest BCUT2D eigenvalue weighted by molar-refractivity contribution is -0.143. The first-order valence-electron chi connectivity index (χ1n) is 29.4. The number of aliphatic hydroxyl groups is 2. The van der Waals surface area contributed by atoms with Gasteiger partial charge in [-0.2, -0.15) is 0 Å². The van der Waals surface area contributed by atoms with Crippen LogP contribution in [0.1, 0.15) is 303 Å². The molecule has 0 heterocycles. The fourth-order valence-electron chi connectivity index (χ4n) is 8.78. The molecule has 0 spiro atoms. The summed E-state index contributed by atoms with van der Waals surface area (Å²) in [7, 11) is 0. The van der Waals surface area contributed by atoms with Crippen molar-refractivity contribution in [3.05, 3.63) is 48.6 Å². The van der Waals surface area contributed by atoms with Crippen LogP contribution in [0.4, 0.5) is 0 Å². The maximum Gasteiger partial charge on any atom is 0.305 e. The van der Waals surface area contributed by atoms with Crippen LogP contribution in [0.5, 0.6) is 0 Å². The van der Waals surface area contributed by atoms with Gasteiger partial charge in [0.25, 0.3) is 0 Å². The molecule has 0 fully saturated rings. The summed E-state index contributed by atoms with van der Waals surface area (Å²) in [6.45, 7) is 4.82. The van der Waals surface area contributed by atoms with E-state index in [1.807, 2.05) is 6.08 Å². The molecule has 0 aromatic carbocycles. The molecule has 1 amide bonds. The molecule has 0 rings (SSSR count). The van der Waals surface area contributed by atoms with Crippen LogP contribution in [0.25, 0.3) is 0 Å². The van der Waals surface area contributed by atoms with Crippen LogP contribution in [0.15, 0.2) is 48.6 Å². The highest BCUT2D eigenvalue weighted by molar-refractivity contribution is 5.76. The van der Waals surface area contributed by atoms with Crippen LogP contribution in [-0.4, -0.2) is 47.4 Å². The number of carbonyl (C=O) groups excluding carboxylic acids is 2. The summed E-state index contributed by atoms with van der Waals surface area (Å²) >= 11 is 0. The molecule has 0 aliphatic heterocycles. The minimum Gasteiger partial charge on any atom is -0.466 e. The third-order valence-electron chi connectivity index (χ3n) is 13.3. The van der Waals surface area contributed by atoms with E-state index in [0.29, 0.717) is 19.4 Å². The summed E-state index contributed by atoms with van der Waals surface area (Å²) in [6, 6.07) is -0.651. The molecule has 0 saturated carbocycles. The Kier molecular flexibility index (Phi) is 54.6. The lowest BCUT2D eigenvalue weighted by Gasteiger charge is -2.20. The molecule has 3 N–H and O–H groups in total. The molecule has 67 heavy (non-hydrogen) atoms. The van der Waals surface area contributed by atoms with Crippen LogP contribution < -0.4 is 5.32 Å². The Morgan fingerprint density at radius 2 is 0.746 bits per heavy atom. The van der Waals surface area contributed by atoms with Crippen LogP contribution in [0.2, 0.25) is 0 Å². The predicted octanol–water partition coefficient (Wildman–Crippen LogP) is 18.2. The van der Waals surface area contributed by atoms with Gasteiger partial charge in [-0.3, -0.25) is 9.59 Å². The number of unbranched alkanes of at least 4 members (excludes halogenated alkanes) is 37. The molecule has 6 nitrogen and oxygen atoms in total. The zero-order valence-corrected chi connectivity index (χ0v) is 44.6. The van der Waals surface area contributed by atoms with Crippen molar-refractivity contribution in [2.75, 3.05) is 13.2 Å². The minimum atomic E-state index is -0.865. The van der Waals surface area contributed by atoms with Crippen LogP contribution >= 0.6 is 0 Å². The molecule has 392 valence electrons. The zero-order chi connectivity index (χ0) is 48.6. The Labute approximate surface area is 416 Å². The highest BCUT2D eigenvalue weighted by Crippen LogP contribution is 2.16. The van der Waals surface area contributed by atoms with Crippen molar-refractivity contribution >= 4 is 11.9 Å². The van der Waals surface area contributed by atoms with Gasteiger partial charge >= 0.3 is 5.97 Å². The van der Waals surface area contributed by atoms with Gasteiger partial charge in [0.1, 0.15) is 0 Å². The van der Waals surface area contributed by atoms with E-state index in [1.54, 1.807) is 6.08 Å². The molecule has 0 bridgehead atoms. The smallest absolute Gasteiger partial charge is 0.305 e. The molecular formula is C61H113NO5. The first kappa shape index (κ1) is 64.8. The van der Waals surface area contributed by atoms with E-state index in [1.165, 1.54) is 186 Å². The number of hydrogen-bond acceptors (Lipinski definition) is 5. The third-order valence-corrected chi connectivity index (χ3v) is 13.3. The van der Waals surface area contributed by atoms with E-state index in [4.69, 9.17) is 4.74 Å². The van der Waals surface area contributed by atoms with Gasteiger partial charge in [-0.05, 0) is 89.9 Å². The van der Waals surface area contributed by atoms with Crippen molar-refractivity contribution in [2.24, 2.45) is 0 Å². The largest absolute Gasteiger partial charge is 0.466 e. The first-order valence-corrected chi connectivity index (χ1v) is 29.4. The number of nitrogens with one attached hydrogen (secondary N) is 1. The van der Waals surface area contributed by atoms with Gasteiger partial charge in [0.15, 0.2) is 0 Å². The van der Waals surface area contributed by atoms with Gasteiger partial charge in [0, 0.05) is 12.8 Å². The molecule has 0 aliphatic rings. The second-order valence-electron chi connectivity index (χ2n) is 20.0. The molecule has 2 unspecified atom stereocenters. The highest BCUT2D eigenvalue weighted by Gasteiger charge is 2.18. The quantitative estimate of drug-likeness (QED) is 0.0321. The number of aliphatic hydroxyl groups excluding tert-OH is 2. The average Bonchev–Trinajstić information content (AvgIpc) is 3.33. The number of carbonyl (C=O) groups is 2. The van der Waals surface area contributed by atoms with Gasteiger partial charge in [-0.15, -0.1) is 0 Å². The van der Waals surface area contributed by atoms with E-state index in [0.717, 1.165) is 89.9 Å². The van der Waals surface area contributed by atoms with E-state index < -0.39 is 12.1 Å². The Hall–Kier alpha value is -2.18. The maximum absolute atomic E-state index is 12.5. The number of allylic oxidation sites excluding steroid dienone is 7. The highest BCUT2D eigenvalue weighted by atomic mass is 16.5. The van der Waals surface area contributed by atoms with Gasteiger partial charge < -0.3 is 20.3 Å². The molecule has 0 aliphatic carbocycles. The summed E-state index contributed by atoms with van der Waals surface area (Å²) < 4.78 is 5.45. The van der Waals surface area contributed by atoms with E-state index in [9.17, 15) is 19.8 Å². The Morgan fingerprint density at radius 1 is 0.418 bits per heavy atom. The topological polar surface area (TPSA) is 95.9 Å². The number of ether oxygens (including phenoxy) is 1. The standard InChI is InChI=1S/C61H113NO5/c1-3-5-7-9-11-13-15-17-19-21-23-24-25-26-28-30-33-37-41-45-49-53-59(64)58(57-63)62-60(65)54-50-46-42-38-34-32-36-40-44-48-52-56-67-61(66)55-51-47-43-39-35-31-29-27-22-20-18-16-14-12-10-8-6-4-2/h14,16,20,22,36,40,49,53,58-59,63-64H,3-13,15,17-19,21,23-35,37-39,41-48,50-52,54-57H2,1-2H3,(H,62,65)/b16-14-,22-20-,40-36-,53-49+. The predicted molar refractivity (Wildman–Crippen MR) is 292 cm³/mol. The summed E-state index contributed by atoms with van der Waals surface area (Å²) in [4.78, 5) is 24.5. The molecule has 0 aromatic rings. The number of rotatable bonds is 54. The third kappa shape index (κ3) is 53.0. The van der Waals surface area contributed by atoms with E-state index in [2.05, 4.69) is 55.6 Å². The molecule has 0 saturated heterocycles. The van der Waals surface area contributed by atoms with Crippen molar-refractivity contribution in [1.82, 2.24) is 5.32 Å². The number of esters is 1. The summed E-state index contributed by atoms with van der Waals surface area (Å²) in [5, 5.41) is 23.2. The van der Waals surface area contributed by atoms with E-state index in [-0.39, 0.29) is 18.5 Å². The van der Waals surface area contributed by atoms with Crippen LogP contribution in [-0.2, 0) is 14.3 Å². The van der Waals surface area contributed by atoms with Crippen molar-refractivity contribution in [1.29, 1.82) is 0 Å². The molecular weight excluding hydrogens is 827 g/mol. The monoisotopic (exact) mass is 940 g/mol. The van der Waals surface area contributed by atoms with Gasteiger partial charge in [0.2, 0.25) is 5.91 Å². The second-order valence-corrected chi connectivity index (χ2v) is 20.0. The fourth-order valence-corrected chi connectivity index (χ4v) is 8.78. The molecule has 2 atom stereocenters. The number of hydrogen-bond donors (Lipinski definition) is 3. The van der Waals surface area contributed by atoms with Crippen molar-refractivity contribution < 1.29 is 24.5 Å². The summed E-state index contributed by atoms with van der Waals surface area (Å²) in [5.41, 5.74) is 0. The number of amides is 1. The Morgan fingerprint density at radius 3 is 1.16 bits per heavy atom. The Bertz CT molecular complexity index is 1130. The lowest BCUT2D eigenvalue weighted by Crippen LogP contribution is -2.45. The van der Waals surface area contributed by atoms with Gasteiger partial charge in [-0.25, -0.2) is 0 Å². The van der Waals surface area contributed by atoms with Gasteiger partial charge in [0.05, 0.1) is 25.4 Å². The minimum absolute atomic E-state index is 0.0404. The maximum atomic E-state index is 12.5. The van der Waals surface area contributed by atoms with E-state index >= 15 is 0 Å². The SMILES string of the molecule is CCCCCC/C=C\C/C=C\CCCCCCCCCC(=O)OCCCC/C=C\CCCCCCCC(=O)NC(CO)C(O)/C=C/CCCCCCCCCCCCCCCCCCCCC. The normalized spacial score (nSPS) is 13.0. The van der Waals surface area contributed by atoms with Crippen LogP contribution in [0.3, 0.4) is 0 Å². The fraction of sp³-hybridized carbons (Fsp3) is 0.836. The summed E-state index contributed by atoms with van der Waals surface area (Å²) in [5.74, 6) is -0.137. The molecule has 6 heteroatoms.